The van der Waals surface area contributed by atoms with Crippen LogP contribution in [0.2, 0.25) is 0 Å². The Morgan fingerprint density at radius 1 is 1.27 bits per heavy atom. The Hall–Kier alpha value is -0.970. The average molecular weight is 302 g/mol. The minimum atomic E-state index is 0.390. The fourth-order valence-corrected chi connectivity index (χ4v) is 3.99. The minimum Gasteiger partial charge on any atom is -0.376 e. The summed E-state index contributed by atoms with van der Waals surface area (Å²) >= 11 is 0. The number of rotatable bonds is 6. The molecule has 0 amide bonds. The third-order valence-corrected chi connectivity index (χ3v) is 5.35. The van der Waals surface area contributed by atoms with Gasteiger partial charge in [-0.15, -0.1) is 0 Å². The Morgan fingerprint density at radius 2 is 2.23 bits per heavy atom. The summed E-state index contributed by atoms with van der Waals surface area (Å²) in [6.45, 7) is 4.79. The fourth-order valence-electron chi connectivity index (χ4n) is 3.99. The maximum absolute atomic E-state index is 6.12. The van der Waals surface area contributed by atoms with Gasteiger partial charge in [-0.2, -0.15) is 0 Å². The predicted octanol–water partition coefficient (Wildman–Crippen LogP) is 2.49. The van der Waals surface area contributed by atoms with Gasteiger partial charge in [0.1, 0.15) is 0 Å². The second-order valence-corrected chi connectivity index (χ2v) is 7.05. The first kappa shape index (κ1) is 14.6. The third kappa shape index (κ3) is 3.34. The lowest BCUT2D eigenvalue weighted by molar-refractivity contribution is -0.0876. The molecule has 3 fully saturated rings. The SMILES string of the molecule is c1cncc(COC[C@@H]2CC[C@@H]3[C@H]2OCCN3CC2CC2)c1. The second kappa shape index (κ2) is 6.65. The molecule has 2 heterocycles. The summed E-state index contributed by atoms with van der Waals surface area (Å²) in [6.07, 6.45) is 9.46. The van der Waals surface area contributed by atoms with Crippen LogP contribution < -0.4 is 0 Å². The van der Waals surface area contributed by atoms with E-state index in [9.17, 15) is 0 Å². The number of nitrogens with zero attached hydrogens (tertiary/aromatic N) is 2. The maximum atomic E-state index is 6.12. The highest BCUT2D eigenvalue weighted by Gasteiger charge is 2.43. The molecule has 3 atom stereocenters. The number of pyridine rings is 1. The molecule has 1 aromatic heterocycles. The topological polar surface area (TPSA) is 34.6 Å². The summed E-state index contributed by atoms with van der Waals surface area (Å²) in [5, 5.41) is 0. The van der Waals surface area contributed by atoms with Gasteiger partial charge in [-0.3, -0.25) is 9.88 Å². The molecule has 4 heteroatoms. The van der Waals surface area contributed by atoms with Gasteiger partial charge in [0.05, 0.1) is 25.9 Å². The van der Waals surface area contributed by atoms with Crippen molar-refractivity contribution in [3.8, 4) is 0 Å². The smallest absolute Gasteiger partial charge is 0.0780 e. The number of morpholine rings is 1. The molecule has 0 spiro atoms. The highest BCUT2D eigenvalue weighted by atomic mass is 16.5. The van der Waals surface area contributed by atoms with E-state index in [-0.39, 0.29) is 0 Å². The highest BCUT2D eigenvalue weighted by molar-refractivity contribution is 5.06. The lowest BCUT2D eigenvalue weighted by Gasteiger charge is -2.39. The van der Waals surface area contributed by atoms with Gasteiger partial charge in [-0.1, -0.05) is 6.07 Å². The van der Waals surface area contributed by atoms with Crippen LogP contribution in [0.1, 0.15) is 31.2 Å². The molecule has 120 valence electrons. The summed E-state index contributed by atoms with van der Waals surface area (Å²) in [4.78, 5) is 6.83. The number of hydrogen-bond donors (Lipinski definition) is 0. The van der Waals surface area contributed by atoms with Gasteiger partial charge >= 0.3 is 0 Å². The van der Waals surface area contributed by atoms with Crippen LogP contribution in [0.5, 0.6) is 0 Å². The first-order valence-electron chi connectivity index (χ1n) is 8.72. The zero-order chi connectivity index (χ0) is 14.8. The number of fused-ring (bicyclic) bond motifs is 1. The van der Waals surface area contributed by atoms with Crippen LogP contribution in [0.4, 0.5) is 0 Å². The van der Waals surface area contributed by atoms with Gasteiger partial charge in [0.25, 0.3) is 0 Å². The quantitative estimate of drug-likeness (QED) is 0.808. The molecule has 4 rings (SSSR count). The number of hydrogen-bond acceptors (Lipinski definition) is 4. The summed E-state index contributed by atoms with van der Waals surface area (Å²) in [5.41, 5.74) is 1.15. The van der Waals surface area contributed by atoms with E-state index in [0.29, 0.717) is 24.7 Å². The number of aromatic nitrogens is 1. The first-order chi connectivity index (χ1) is 10.9. The molecule has 0 N–H and O–H groups in total. The Labute approximate surface area is 132 Å². The van der Waals surface area contributed by atoms with Crippen LogP contribution in [0.25, 0.3) is 0 Å². The van der Waals surface area contributed by atoms with E-state index < -0.39 is 0 Å². The van der Waals surface area contributed by atoms with Crippen molar-refractivity contribution in [2.45, 2.75) is 44.4 Å². The lowest BCUT2D eigenvalue weighted by Crippen LogP contribution is -2.51. The molecule has 0 unspecified atom stereocenters. The van der Waals surface area contributed by atoms with Crippen LogP contribution in [0.15, 0.2) is 24.5 Å². The molecule has 4 nitrogen and oxygen atoms in total. The van der Waals surface area contributed by atoms with E-state index in [2.05, 4.69) is 16.0 Å². The van der Waals surface area contributed by atoms with Crippen molar-refractivity contribution >= 4 is 0 Å². The molecule has 22 heavy (non-hydrogen) atoms. The number of ether oxygens (including phenoxy) is 2. The van der Waals surface area contributed by atoms with Gasteiger partial charge in [-0.05, 0) is 43.2 Å². The van der Waals surface area contributed by atoms with Crippen LogP contribution in [0.3, 0.4) is 0 Å². The van der Waals surface area contributed by atoms with Gasteiger partial charge in [-0.25, -0.2) is 0 Å². The molecule has 1 aromatic rings. The van der Waals surface area contributed by atoms with Crippen molar-refractivity contribution < 1.29 is 9.47 Å². The van der Waals surface area contributed by atoms with Gasteiger partial charge < -0.3 is 9.47 Å². The molecule has 2 aliphatic carbocycles. The maximum Gasteiger partial charge on any atom is 0.0780 e. The predicted molar refractivity (Wildman–Crippen MR) is 84.4 cm³/mol. The van der Waals surface area contributed by atoms with Crippen LogP contribution >= 0.6 is 0 Å². The van der Waals surface area contributed by atoms with Crippen molar-refractivity contribution in [3.05, 3.63) is 30.1 Å². The van der Waals surface area contributed by atoms with Crippen LogP contribution in [0, 0.1) is 11.8 Å². The van der Waals surface area contributed by atoms with Crippen molar-refractivity contribution in [2.75, 3.05) is 26.3 Å². The third-order valence-electron chi connectivity index (χ3n) is 5.35. The normalized spacial score (nSPS) is 32.1. The lowest BCUT2D eigenvalue weighted by atomic mass is 10.0. The van der Waals surface area contributed by atoms with Gasteiger partial charge in [0, 0.05) is 37.4 Å². The van der Waals surface area contributed by atoms with E-state index in [0.717, 1.165) is 31.2 Å². The van der Waals surface area contributed by atoms with Crippen LogP contribution in [-0.4, -0.2) is 48.3 Å². The molecule has 0 bridgehead atoms. The van der Waals surface area contributed by atoms with Crippen molar-refractivity contribution in [2.24, 2.45) is 11.8 Å². The first-order valence-corrected chi connectivity index (χ1v) is 8.72. The zero-order valence-electron chi connectivity index (χ0n) is 13.2. The fraction of sp³-hybridized carbons (Fsp3) is 0.722. The Bertz CT molecular complexity index is 477. The minimum absolute atomic E-state index is 0.390. The molecule has 1 saturated heterocycles. The Balaban J connectivity index is 1.28. The van der Waals surface area contributed by atoms with E-state index in [4.69, 9.17) is 9.47 Å². The molecule has 3 aliphatic rings. The summed E-state index contributed by atoms with van der Waals surface area (Å²) in [6, 6.07) is 4.67. The average Bonchev–Trinajstić information content (AvgIpc) is 3.27. The highest BCUT2D eigenvalue weighted by Crippen LogP contribution is 2.38. The molecular weight excluding hydrogens is 276 g/mol. The summed E-state index contributed by atoms with van der Waals surface area (Å²) in [5.74, 6) is 1.53. The second-order valence-electron chi connectivity index (χ2n) is 7.05. The molecule has 0 radical (unpaired) electrons. The Kier molecular flexibility index (Phi) is 4.42. The van der Waals surface area contributed by atoms with Gasteiger partial charge in [0.15, 0.2) is 0 Å². The monoisotopic (exact) mass is 302 g/mol. The largest absolute Gasteiger partial charge is 0.376 e. The van der Waals surface area contributed by atoms with Crippen LogP contribution in [-0.2, 0) is 16.1 Å². The van der Waals surface area contributed by atoms with Gasteiger partial charge in [0.2, 0.25) is 0 Å². The van der Waals surface area contributed by atoms with Crippen molar-refractivity contribution in [1.29, 1.82) is 0 Å². The molecule has 1 aliphatic heterocycles. The molecular formula is C18H26N2O2. The van der Waals surface area contributed by atoms with Crippen molar-refractivity contribution in [3.63, 3.8) is 0 Å². The van der Waals surface area contributed by atoms with E-state index in [1.165, 1.54) is 32.2 Å². The van der Waals surface area contributed by atoms with E-state index in [1.807, 2.05) is 12.3 Å². The van der Waals surface area contributed by atoms with E-state index >= 15 is 0 Å². The molecule has 2 saturated carbocycles. The molecule has 0 aromatic carbocycles. The summed E-state index contributed by atoms with van der Waals surface area (Å²) in [7, 11) is 0. The zero-order valence-corrected chi connectivity index (χ0v) is 13.2. The standard InChI is InChI=1S/C18H26N2O2/c1-2-15(10-19-7-1)12-21-13-16-5-6-17-18(16)22-9-8-20(17)11-14-3-4-14/h1-2,7,10,14,16-18H,3-6,8-9,11-13H2/t16-,17+,18-/m0/s1. The summed E-state index contributed by atoms with van der Waals surface area (Å²) < 4.78 is 12.1. The van der Waals surface area contributed by atoms with Crippen molar-refractivity contribution in [1.82, 2.24) is 9.88 Å². The van der Waals surface area contributed by atoms with E-state index in [1.54, 1.807) is 6.20 Å². The Morgan fingerprint density at radius 3 is 3.05 bits per heavy atom.